The number of pyridine rings is 1. The van der Waals surface area contributed by atoms with Crippen molar-refractivity contribution in [3.8, 4) is 0 Å². The molecule has 208 valence electrons. The summed E-state index contributed by atoms with van der Waals surface area (Å²) in [5, 5.41) is 0. The van der Waals surface area contributed by atoms with Crippen molar-refractivity contribution >= 4 is 11.1 Å². The van der Waals surface area contributed by atoms with Gasteiger partial charge in [-0.2, -0.15) is 0 Å². The van der Waals surface area contributed by atoms with Crippen LogP contribution < -0.4 is 5.56 Å². The van der Waals surface area contributed by atoms with Gasteiger partial charge in [0.25, 0.3) is 5.56 Å². The normalized spacial score (nSPS) is 19.4. The fourth-order valence-electron chi connectivity index (χ4n) is 5.70. The molecule has 0 bridgehead atoms. The highest BCUT2D eigenvalue weighted by atomic mass is 19.1. The summed E-state index contributed by atoms with van der Waals surface area (Å²) in [7, 11) is 1.69. The highest BCUT2D eigenvalue weighted by Crippen LogP contribution is 2.34. The average Bonchev–Trinajstić information content (AvgIpc) is 2.95. The van der Waals surface area contributed by atoms with Gasteiger partial charge in [-0.15, -0.1) is 0 Å². The first-order valence-corrected chi connectivity index (χ1v) is 14.0. The van der Waals surface area contributed by atoms with Crippen LogP contribution in [0.4, 0.5) is 4.39 Å². The molecule has 5 heterocycles. The molecule has 0 aliphatic carbocycles. The van der Waals surface area contributed by atoms with Crippen molar-refractivity contribution in [3.05, 3.63) is 117 Å². The lowest BCUT2D eigenvalue weighted by Gasteiger charge is -2.35. The van der Waals surface area contributed by atoms with Crippen LogP contribution in [0, 0.1) is 0 Å². The monoisotopic (exact) mass is 539 g/mol. The van der Waals surface area contributed by atoms with E-state index in [0.29, 0.717) is 5.82 Å². The van der Waals surface area contributed by atoms with Gasteiger partial charge in [0, 0.05) is 79.8 Å². The average molecular weight is 540 g/mol. The molecule has 7 heteroatoms. The van der Waals surface area contributed by atoms with Crippen molar-refractivity contribution in [2.24, 2.45) is 7.05 Å². The van der Waals surface area contributed by atoms with Crippen molar-refractivity contribution in [1.82, 2.24) is 24.3 Å². The van der Waals surface area contributed by atoms with Gasteiger partial charge in [0.1, 0.15) is 12.0 Å². The molecule has 3 aliphatic rings. The van der Waals surface area contributed by atoms with Gasteiger partial charge in [-0.25, -0.2) is 9.37 Å². The molecule has 2 aromatic heterocycles. The Bertz CT molecular complexity index is 1570. The Hall–Kier alpha value is -3.84. The zero-order valence-corrected chi connectivity index (χ0v) is 24.3. The van der Waals surface area contributed by atoms with Gasteiger partial charge in [0.2, 0.25) is 0 Å². The summed E-state index contributed by atoms with van der Waals surface area (Å²) in [6, 6.07) is 3.58. The van der Waals surface area contributed by atoms with Gasteiger partial charge in [-0.1, -0.05) is 24.3 Å². The molecule has 2 unspecified atom stereocenters. The SMILES string of the molecule is C/C=C\C(/C(C)=C(/C)c1nc(C(C)F)cc(=O)n1C)N1CCc2ncc(C3=CN4C=CCC=C4C=C3C)cc2C1. The molecule has 0 saturated carbocycles. The summed E-state index contributed by atoms with van der Waals surface area (Å²) in [6.45, 7) is 11.3. The molecular formula is C33H38FN5O. The molecule has 0 amide bonds. The first-order chi connectivity index (χ1) is 19.2. The zero-order valence-electron chi connectivity index (χ0n) is 24.3. The van der Waals surface area contributed by atoms with E-state index in [-0.39, 0.29) is 17.3 Å². The van der Waals surface area contributed by atoms with Gasteiger partial charge in [-0.3, -0.25) is 19.2 Å². The number of allylic oxidation sites excluding steroid dienone is 7. The second kappa shape index (κ2) is 11.3. The smallest absolute Gasteiger partial charge is 0.253 e. The molecule has 0 fully saturated rings. The summed E-state index contributed by atoms with van der Waals surface area (Å²) in [4.78, 5) is 26.6. The molecule has 2 aromatic rings. The van der Waals surface area contributed by atoms with E-state index in [1.165, 1.54) is 40.0 Å². The largest absolute Gasteiger partial charge is 0.324 e. The molecule has 0 radical (unpaired) electrons. The van der Waals surface area contributed by atoms with E-state index >= 15 is 0 Å². The Balaban J connectivity index is 1.47. The maximum absolute atomic E-state index is 14.1. The lowest BCUT2D eigenvalue weighted by molar-refractivity contribution is 0.230. The number of halogens is 1. The Morgan fingerprint density at radius 1 is 1.23 bits per heavy atom. The van der Waals surface area contributed by atoms with Crippen LogP contribution in [0.25, 0.3) is 11.1 Å². The number of hydrogen-bond acceptors (Lipinski definition) is 5. The first kappa shape index (κ1) is 27.7. The van der Waals surface area contributed by atoms with E-state index in [1.807, 2.05) is 20.0 Å². The quantitative estimate of drug-likeness (QED) is 0.397. The molecule has 0 aromatic carbocycles. The number of rotatable bonds is 6. The fourth-order valence-corrected chi connectivity index (χ4v) is 5.70. The van der Waals surface area contributed by atoms with Crippen LogP contribution in [0.2, 0.25) is 0 Å². The number of nitrogens with zero attached hydrogens (tertiary/aromatic N) is 5. The van der Waals surface area contributed by atoms with E-state index < -0.39 is 6.17 Å². The van der Waals surface area contributed by atoms with E-state index in [0.717, 1.165) is 48.3 Å². The standard InChI is InChI=1S/C33H38FN5O/c1-7-10-31(22(3)23(4)33-36-30(24(5)34)17-32(40)37(33)6)39-14-12-29-26(19-39)16-25(18-35-29)28-20-38-13-9-8-11-27(38)15-21(28)2/h7,9-11,13,15-18,20,24,31H,8,12,14,19H2,1-6H3/b10-7-,23-22-. The number of alkyl halides is 1. The minimum Gasteiger partial charge on any atom is -0.324 e. The highest BCUT2D eigenvalue weighted by molar-refractivity contribution is 5.80. The lowest BCUT2D eigenvalue weighted by Crippen LogP contribution is -2.39. The van der Waals surface area contributed by atoms with Crippen molar-refractivity contribution in [3.63, 3.8) is 0 Å². The summed E-state index contributed by atoms with van der Waals surface area (Å²) in [5.41, 5.74) is 9.00. The maximum Gasteiger partial charge on any atom is 0.253 e. The van der Waals surface area contributed by atoms with Crippen LogP contribution in [0.3, 0.4) is 0 Å². The van der Waals surface area contributed by atoms with Crippen molar-refractivity contribution in [2.45, 2.75) is 66.2 Å². The van der Waals surface area contributed by atoms with E-state index in [2.05, 4.69) is 77.5 Å². The van der Waals surface area contributed by atoms with Crippen LogP contribution >= 0.6 is 0 Å². The van der Waals surface area contributed by atoms with E-state index in [1.54, 1.807) is 7.05 Å². The molecule has 0 spiro atoms. The van der Waals surface area contributed by atoms with Gasteiger partial charge < -0.3 is 4.90 Å². The van der Waals surface area contributed by atoms with Crippen molar-refractivity contribution in [2.75, 3.05) is 6.54 Å². The molecule has 5 rings (SSSR count). The van der Waals surface area contributed by atoms with Crippen LogP contribution in [-0.2, 0) is 20.0 Å². The number of fused-ring (bicyclic) bond motifs is 2. The predicted octanol–water partition coefficient (Wildman–Crippen LogP) is 6.41. The third-order valence-corrected chi connectivity index (χ3v) is 8.17. The van der Waals surface area contributed by atoms with Crippen molar-refractivity contribution < 1.29 is 4.39 Å². The van der Waals surface area contributed by atoms with Gasteiger partial charge in [-0.05, 0) is 75.5 Å². The minimum absolute atomic E-state index is 0.00637. The Kier molecular flexibility index (Phi) is 7.86. The minimum atomic E-state index is -1.31. The highest BCUT2D eigenvalue weighted by Gasteiger charge is 2.27. The maximum atomic E-state index is 14.1. The topological polar surface area (TPSA) is 54.3 Å². The second-order valence-electron chi connectivity index (χ2n) is 10.9. The summed E-state index contributed by atoms with van der Waals surface area (Å²) >= 11 is 0. The van der Waals surface area contributed by atoms with Crippen LogP contribution in [0.15, 0.2) is 82.7 Å². The van der Waals surface area contributed by atoms with Crippen LogP contribution in [0.1, 0.15) is 75.6 Å². The molecular weight excluding hydrogens is 501 g/mol. The summed E-state index contributed by atoms with van der Waals surface area (Å²) < 4.78 is 15.6. The Morgan fingerprint density at radius 3 is 2.77 bits per heavy atom. The molecule has 3 aliphatic heterocycles. The predicted molar refractivity (Wildman–Crippen MR) is 160 cm³/mol. The molecule has 2 atom stereocenters. The second-order valence-corrected chi connectivity index (χ2v) is 10.9. The molecule has 0 N–H and O–H groups in total. The van der Waals surface area contributed by atoms with E-state index in [9.17, 15) is 9.18 Å². The Morgan fingerprint density at radius 2 is 2.02 bits per heavy atom. The van der Waals surface area contributed by atoms with Gasteiger partial charge in [0.15, 0.2) is 0 Å². The van der Waals surface area contributed by atoms with Gasteiger partial charge in [0.05, 0.1) is 5.69 Å². The fraction of sp³-hybridized carbons (Fsp3) is 0.364. The number of hydrogen-bond donors (Lipinski definition) is 0. The lowest BCUT2D eigenvalue weighted by atomic mass is 9.93. The third kappa shape index (κ3) is 5.30. The zero-order chi connectivity index (χ0) is 28.6. The number of aromatic nitrogens is 3. The van der Waals surface area contributed by atoms with E-state index in [4.69, 9.17) is 4.98 Å². The molecule has 0 saturated heterocycles. The van der Waals surface area contributed by atoms with Crippen LogP contribution in [-0.4, -0.2) is 36.9 Å². The Labute approximate surface area is 236 Å². The summed E-state index contributed by atoms with van der Waals surface area (Å²) in [6.07, 6.45) is 17.7. The molecule has 6 nitrogen and oxygen atoms in total. The van der Waals surface area contributed by atoms with Crippen molar-refractivity contribution in [1.29, 1.82) is 0 Å². The summed E-state index contributed by atoms with van der Waals surface area (Å²) in [5.74, 6) is 0.507. The van der Waals surface area contributed by atoms with Crippen LogP contribution in [0.5, 0.6) is 0 Å². The third-order valence-electron chi connectivity index (χ3n) is 8.17. The molecule has 40 heavy (non-hydrogen) atoms. The first-order valence-electron chi connectivity index (χ1n) is 14.0. The van der Waals surface area contributed by atoms with Gasteiger partial charge >= 0.3 is 0 Å².